The second kappa shape index (κ2) is 9.84. The van der Waals surface area contributed by atoms with Crippen LogP contribution in [-0.2, 0) is 19.4 Å². The van der Waals surface area contributed by atoms with E-state index in [-0.39, 0.29) is 41.8 Å². The normalized spacial score (nSPS) is 25.0. The van der Waals surface area contributed by atoms with Crippen molar-refractivity contribution < 1.29 is 22.4 Å². The van der Waals surface area contributed by atoms with Crippen molar-refractivity contribution in [3.05, 3.63) is 30.1 Å². The molecule has 0 saturated carbocycles. The highest BCUT2D eigenvalue weighted by atomic mass is 32.2. The van der Waals surface area contributed by atoms with Crippen molar-refractivity contribution in [1.29, 1.82) is 0 Å². The van der Waals surface area contributed by atoms with E-state index in [0.717, 1.165) is 25.9 Å². The quantitative estimate of drug-likeness (QED) is 0.691. The Morgan fingerprint density at radius 3 is 2.38 bits per heavy atom. The number of carbonyl (C=O) groups is 2. The predicted molar refractivity (Wildman–Crippen MR) is 119 cm³/mol. The molecule has 10 heteroatoms. The Kier molecular flexibility index (Phi) is 7.11. The highest BCUT2D eigenvalue weighted by molar-refractivity contribution is 7.91. The maximum absolute atomic E-state index is 13.3. The molecular weight excluding hydrogens is 435 g/mol. The van der Waals surface area contributed by atoms with Crippen molar-refractivity contribution in [2.45, 2.75) is 25.3 Å². The van der Waals surface area contributed by atoms with E-state index < -0.39 is 15.7 Å². The van der Waals surface area contributed by atoms with E-state index in [1.807, 2.05) is 9.80 Å². The molecule has 3 fully saturated rings. The highest BCUT2D eigenvalue weighted by Gasteiger charge is 2.36. The van der Waals surface area contributed by atoms with Crippen molar-refractivity contribution in [3.63, 3.8) is 0 Å². The molecule has 0 aromatic heterocycles. The summed E-state index contributed by atoms with van der Waals surface area (Å²) >= 11 is 0. The number of nitrogens with zero attached hydrogens (tertiary/aromatic N) is 3. The van der Waals surface area contributed by atoms with Gasteiger partial charge in [0, 0.05) is 43.8 Å². The number of nitrogens with one attached hydrogen (secondary N) is 1. The molecule has 176 valence electrons. The Morgan fingerprint density at radius 1 is 1.03 bits per heavy atom. The Morgan fingerprint density at radius 2 is 1.75 bits per heavy atom. The number of sulfone groups is 1. The van der Waals surface area contributed by atoms with Gasteiger partial charge in [0.25, 0.3) is 0 Å². The van der Waals surface area contributed by atoms with Gasteiger partial charge in [-0.2, -0.15) is 0 Å². The standard InChI is InChI=1S/C22H31FN4O4S/c23-18-2-1-3-19(14-18)24-21(28)15-25-9-11-27(12-10-25)22(29)17-4-7-26(8-5-17)20-6-13-32(30,31)16-20/h1-3,14,17,20H,4-13,15-16H2,(H,24,28). The third kappa shape index (κ3) is 5.85. The first kappa shape index (κ1) is 23.1. The summed E-state index contributed by atoms with van der Waals surface area (Å²) in [5, 5.41) is 2.70. The van der Waals surface area contributed by atoms with Crippen LogP contribution in [0.3, 0.4) is 0 Å². The average molecular weight is 467 g/mol. The lowest BCUT2D eigenvalue weighted by Gasteiger charge is -2.39. The number of hydrogen-bond donors (Lipinski definition) is 1. The maximum Gasteiger partial charge on any atom is 0.238 e. The number of halogens is 1. The Balaban J connectivity index is 1.18. The van der Waals surface area contributed by atoms with Crippen molar-refractivity contribution in [2.75, 3.05) is 62.6 Å². The number of benzene rings is 1. The van der Waals surface area contributed by atoms with Gasteiger partial charge in [-0.25, -0.2) is 12.8 Å². The van der Waals surface area contributed by atoms with Gasteiger partial charge in [0.15, 0.2) is 9.84 Å². The average Bonchev–Trinajstić information content (AvgIpc) is 3.13. The zero-order valence-electron chi connectivity index (χ0n) is 18.2. The summed E-state index contributed by atoms with van der Waals surface area (Å²) in [5.41, 5.74) is 0.436. The fourth-order valence-corrected chi connectivity index (χ4v) is 6.69. The topological polar surface area (TPSA) is 90.0 Å². The van der Waals surface area contributed by atoms with Crippen LogP contribution in [-0.4, -0.2) is 98.3 Å². The molecule has 2 amide bonds. The summed E-state index contributed by atoms with van der Waals surface area (Å²) in [4.78, 5) is 31.3. The van der Waals surface area contributed by atoms with Gasteiger partial charge in [-0.15, -0.1) is 0 Å². The van der Waals surface area contributed by atoms with Crippen LogP contribution < -0.4 is 5.32 Å². The summed E-state index contributed by atoms with van der Waals surface area (Å²) in [5.74, 6) is 0.104. The van der Waals surface area contributed by atoms with Crippen LogP contribution in [0.5, 0.6) is 0 Å². The minimum Gasteiger partial charge on any atom is -0.340 e. The third-order valence-corrected chi connectivity index (χ3v) is 8.51. The van der Waals surface area contributed by atoms with E-state index in [9.17, 15) is 22.4 Å². The molecule has 1 atom stereocenters. The molecule has 0 radical (unpaired) electrons. The van der Waals surface area contributed by atoms with Crippen LogP contribution in [0.25, 0.3) is 0 Å². The van der Waals surface area contributed by atoms with Gasteiger partial charge < -0.3 is 10.2 Å². The molecule has 1 N–H and O–H groups in total. The second-order valence-electron chi connectivity index (χ2n) is 9.03. The minimum atomic E-state index is -2.89. The summed E-state index contributed by atoms with van der Waals surface area (Å²) in [7, 11) is -2.89. The van der Waals surface area contributed by atoms with Crippen LogP contribution in [0.4, 0.5) is 10.1 Å². The molecule has 3 heterocycles. The summed E-state index contributed by atoms with van der Waals surface area (Å²) in [6, 6.07) is 5.92. The van der Waals surface area contributed by atoms with Gasteiger partial charge in [0.05, 0.1) is 18.1 Å². The lowest BCUT2D eigenvalue weighted by molar-refractivity contribution is -0.139. The van der Waals surface area contributed by atoms with Crippen LogP contribution in [0, 0.1) is 11.7 Å². The molecule has 0 bridgehead atoms. The monoisotopic (exact) mass is 466 g/mol. The Labute approximate surface area is 188 Å². The first-order valence-electron chi connectivity index (χ1n) is 11.3. The zero-order chi connectivity index (χ0) is 22.7. The molecule has 0 aliphatic carbocycles. The minimum absolute atomic E-state index is 0.00733. The number of carbonyl (C=O) groups excluding carboxylic acids is 2. The van der Waals surface area contributed by atoms with Gasteiger partial charge in [0.2, 0.25) is 11.8 Å². The van der Waals surface area contributed by atoms with Crippen LogP contribution >= 0.6 is 0 Å². The molecule has 3 aliphatic rings. The molecule has 3 saturated heterocycles. The Hall–Kier alpha value is -2.04. The number of rotatable bonds is 5. The largest absolute Gasteiger partial charge is 0.340 e. The highest BCUT2D eigenvalue weighted by Crippen LogP contribution is 2.26. The fraction of sp³-hybridized carbons (Fsp3) is 0.636. The third-order valence-electron chi connectivity index (χ3n) is 6.76. The molecule has 1 aromatic carbocycles. The van der Waals surface area contributed by atoms with Gasteiger partial charge >= 0.3 is 0 Å². The van der Waals surface area contributed by atoms with E-state index in [1.165, 1.54) is 12.1 Å². The van der Waals surface area contributed by atoms with E-state index >= 15 is 0 Å². The summed E-state index contributed by atoms with van der Waals surface area (Å²) in [6.07, 6.45) is 2.24. The first-order chi connectivity index (χ1) is 15.3. The number of hydrogen-bond acceptors (Lipinski definition) is 6. The molecule has 4 rings (SSSR count). The zero-order valence-corrected chi connectivity index (χ0v) is 19.0. The first-order valence-corrected chi connectivity index (χ1v) is 13.1. The molecule has 8 nitrogen and oxygen atoms in total. The molecule has 32 heavy (non-hydrogen) atoms. The smallest absolute Gasteiger partial charge is 0.238 e. The lowest BCUT2D eigenvalue weighted by Crippen LogP contribution is -2.53. The van der Waals surface area contributed by atoms with Crippen molar-refractivity contribution in [2.24, 2.45) is 5.92 Å². The maximum atomic E-state index is 13.3. The summed E-state index contributed by atoms with van der Waals surface area (Å²) in [6.45, 7) is 4.19. The Bertz CT molecular complexity index is 941. The number of likely N-dealkylation sites (tertiary alicyclic amines) is 1. The fourth-order valence-electron chi connectivity index (χ4n) is 4.93. The van der Waals surface area contributed by atoms with Crippen LogP contribution in [0.15, 0.2) is 24.3 Å². The molecule has 1 aromatic rings. The van der Waals surface area contributed by atoms with Crippen LogP contribution in [0.2, 0.25) is 0 Å². The number of anilines is 1. The van der Waals surface area contributed by atoms with E-state index in [2.05, 4.69) is 10.2 Å². The molecular formula is C22H31FN4O4S. The molecule has 3 aliphatic heterocycles. The van der Waals surface area contributed by atoms with Gasteiger partial charge in [0.1, 0.15) is 5.82 Å². The van der Waals surface area contributed by atoms with E-state index in [4.69, 9.17) is 0 Å². The van der Waals surface area contributed by atoms with Gasteiger partial charge in [-0.1, -0.05) is 6.07 Å². The van der Waals surface area contributed by atoms with Gasteiger partial charge in [-0.3, -0.25) is 19.4 Å². The van der Waals surface area contributed by atoms with Crippen molar-refractivity contribution >= 4 is 27.3 Å². The van der Waals surface area contributed by atoms with E-state index in [1.54, 1.807) is 12.1 Å². The number of amides is 2. The molecule has 0 spiro atoms. The summed E-state index contributed by atoms with van der Waals surface area (Å²) < 4.78 is 36.7. The number of piperazine rings is 1. The number of piperidine rings is 1. The van der Waals surface area contributed by atoms with Gasteiger partial charge in [-0.05, 0) is 50.6 Å². The SMILES string of the molecule is O=C(CN1CCN(C(=O)C2CCN(C3CCS(=O)(=O)C3)CC2)CC1)Nc1cccc(F)c1. The predicted octanol–water partition coefficient (Wildman–Crippen LogP) is 0.808. The molecule has 1 unspecified atom stereocenters. The van der Waals surface area contributed by atoms with Crippen molar-refractivity contribution in [3.8, 4) is 0 Å². The second-order valence-corrected chi connectivity index (χ2v) is 11.3. The van der Waals surface area contributed by atoms with Crippen LogP contribution in [0.1, 0.15) is 19.3 Å². The lowest BCUT2D eigenvalue weighted by atomic mass is 9.94. The van der Waals surface area contributed by atoms with E-state index in [0.29, 0.717) is 38.3 Å². The van der Waals surface area contributed by atoms with Crippen molar-refractivity contribution in [1.82, 2.24) is 14.7 Å².